The number of amides is 2. The molecule has 2 heterocycles. The number of nitrogens with zero attached hydrogens (tertiary/aromatic N) is 3. The maximum Gasteiger partial charge on any atom is 0.254 e. The van der Waals surface area contributed by atoms with E-state index in [9.17, 15) is 9.59 Å². The minimum atomic E-state index is -0.480. The van der Waals surface area contributed by atoms with Crippen molar-refractivity contribution in [3.63, 3.8) is 0 Å². The van der Waals surface area contributed by atoms with Crippen LogP contribution in [0.3, 0.4) is 0 Å². The first-order chi connectivity index (χ1) is 15.5. The molecule has 0 bridgehead atoms. The van der Waals surface area contributed by atoms with Crippen molar-refractivity contribution in [1.82, 2.24) is 14.4 Å². The molecule has 4 rings (SSSR count). The summed E-state index contributed by atoms with van der Waals surface area (Å²) in [5.74, 6) is -0.485. The van der Waals surface area contributed by atoms with Gasteiger partial charge in [-0.1, -0.05) is 36.4 Å². The van der Waals surface area contributed by atoms with Crippen molar-refractivity contribution in [1.29, 1.82) is 0 Å². The number of hydrogen-bond donors (Lipinski definition) is 0. The molecule has 0 N–H and O–H groups in total. The first kappa shape index (κ1) is 22.1. The summed E-state index contributed by atoms with van der Waals surface area (Å²) < 4.78 is 7.42. The van der Waals surface area contributed by atoms with Gasteiger partial charge in [0.05, 0.1) is 18.6 Å². The number of fused-ring (bicyclic) bond motifs is 2. The number of methoxy groups -OCH3 is 1. The SMILES string of the molecule is CCN(CC)C(=O)C1c2ccccc2C(=O)N(CCOC)C1c1cn(C)c2ccccc12. The monoisotopic (exact) mass is 433 g/mol. The zero-order valence-electron chi connectivity index (χ0n) is 19.2. The molecule has 6 heteroatoms. The highest BCUT2D eigenvalue weighted by atomic mass is 16.5. The molecule has 1 aliphatic rings. The first-order valence-electron chi connectivity index (χ1n) is 11.2. The van der Waals surface area contributed by atoms with Gasteiger partial charge in [0, 0.05) is 62.0 Å². The summed E-state index contributed by atoms with van der Waals surface area (Å²) in [5.41, 5.74) is 3.48. The van der Waals surface area contributed by atoms with Crippen LogP contribution >= 0.6 is 0 Å². The van der Waals surface area contributed by atoms with Gasteiger partial charge in [-0.25, -0.2) is 0 Å². The topological polar surface area (TPSA) is 54.8 Å². The smallest absolute Gasteiger partial charge is 0.254 e. The highest BCUT2D eigenvalue weighted by Gasteiger charge is 2.45. The van der Waals surface area contributed by atoms with E-state index in [4.69, 9.17) is 4.74 Å². The van der Waals surface area contributed by atoms with E-state index < -0.39 is 12.0 Å². The number of likely N-dealkylation sites (N-methyl/N-ethyl adjacent to an activating group) is 1. The molecule has 3 aromatic rings. The molecule has 0 radical (unpaired) electrons. The fourth-order valence-corrected chi connectivity index (χ4v) is 4.98. The van der Waals surface area contributed by atoms with Gasteiger partial charge >= 0.3 is 0 Å². The molecule has 32 heavy (non-hydrogen) atoms. The number of carbonyl (C=O) groups is 2. The number of benzene rings is 2. The molecule has 1 aromatic heterocycles. The summed E-state index contributed by atoms with van der Waals surface area (Å²) in [6, 6.07) is 15.3. The molecule has 6 nitrogen and oxygen atoms in total. The van der Waals surface area contributed by atoms with Crippen LogP contribution in [-0.2, 0) is 16.6 Å². The third-order valence-corrected chi connectivity index (χ3v) is 6.56. The van der Waals surface area contributed by atoms with E-state index in [-0.39, 0.29) is 11.8 Å². The van der Waals surface area contributed by atoms with Crippen molar-refractivity contribution < 1.29 is 14.3 Å². The van der Waals surface area contributed by atoms with E-state index in [2.05, 4.69) is 22.9 Å². The fraction of sp³-hybridized carbons (Fsp3) is 0.385. The van der Waals surface area contributed by atoms with Crippen molar-refractivity contribution >= 4 is 22.7 Å². The Morgan fingerprint density at radius 1 is 1.03 bits per heavy atom. The lowest BCUT2D eigenvalue weighted by molar-refractivity contribution is -0.134. The first-order valence-corrected chi connectivity index (χ1v) is 11.2. The predicted molar refractivity (Wildman–Crippen MR) is 126 cm³/mol. The summed E-state index contributed by atoms with van der Waals surface area (Å²) in [5, 5.41) is 1.06. The van der Waals surface area contributed by atoms with E-state index in [0.717, 1.165) is 22.0 Å². The molecular weight excluding hydrogens is 402 g/mol. The maximum absolute atomic E-state index is 13.9. The average Bonchev–Trinajstić information content (AvgIpc) is 3.15. The summed E-state index contributed by atoms with van der Waals surface area (Å²) in [6.45, 7) is 6.07. The van der Waals surface area contributed by atoms with Gasteiger partial charge in [-0.15, -0.1) is 0 Å². The van der Waals surface area contributed by atoms with Gasteiger partial charge in [-0.05, 0) is 31.5 Å². The average molecular weight is 434 g/mol. The number of hydrogen-bond acceptors (Lipinski definition) is 3. The van der Waals surface area contributed by atoms with Crippen LogP contribution in [0.15, 0.2) is 54.7 Å². The molecule has 2 aromatic carbocycles. The summed E-state index contributed by atoms with van der Waals surface area (Å²) >= 11 is 0. The molecule has 2 atom stereocenters. The second kappa shape index (κ2) is 9.17. The largest absolute Gasteiger partial charge is 0.383 e. The lowest BCUT2D eigenvalue weighted by atomic mass is 9.78. The molecule has 168 valence electrons. The van der Waals surface area contributed by atoms with Crippen LogP contribution in [0.1, 0.15) is 47.3 Å². The molecule has 0 fully saturated rings. The Morgan fingerprint density at radius 2 is 1.72 bits per heavy atom. The van der Waals surface area contributed by atoms with Gasteiger partial charge < -0.3 is 19.1 Å². The Balaban J connectivity index is 1.98. The number of ether oxygens (including phenoxy) is 1. The number of aryl methyl sites for hydroxylation is 1. The Morgan fingerprint density at radius 3 is 2.44 bits per heavy atom. The van der Waals surface area contributed by atoms with Crippen molar-refractivity contribution in [3.8, 4) is 0 Å². The highest BCUT2D eigenvalue weighted by molar-refractivity contribution is 6.02. The Kier molecular flexibility index (Phi) is 6.33. The molecule has 0 spiro atoms. The van der Waals surface area contributed by atoms with Crippen LogP contribution in [0.5, 0.6) is 0 Å². The number of rotatable bonds is 7. The van der Waals surface area contributed by atoms with Crippen LogP contribution in [0.2, 0.25) is 0 Å². The van der Waals surface area contributed by atoms with Crippen molar-refractivity contribution in [2.45, 2.75) is 25.8 Å². The second-order valence-corrected chi connectivity index (χ2v) is 8.22. The van der Waals surface area contributed by atoms with E-state index >= 15 is 0 Å². The lowest BCUT2D eigenvalue weighted by Gasteiger charge is -2.43. The molecule has 0 saturated heterocycles. The summed E-state index contributed by atoms with van der Waals surface area (Å²) in [4.78, 5) is 31.3. The number of aromatic nitrogens is 1. The van der Waals surface area contributed by atoms with E-state index in [1.165, 1.54) is 0 Å². The van der Waals surface area contributed by atoms with Gasteiger partial charge in [0.15, 0.2) is 0 Å². The van der Waals surface area contributed by atoms with Gasteiger partial charge in [-0.3, -0.25) is 9.59 Å². The van der Waals surface area contributed by atoms with Crippen LogP contribution in [0.4, 0.5) is 0 Å². The predicted octanol–water partition coefficient (Wildman–Crippen LogP) is 3.97. The summed E-state index contributed by atoms with van der Waals surface area (Å²) in [7, 11) is 3.64. The molecular formula is C26H31N3O3. The normalized spacial score (nSPS) is 18.1. The van der Waals surface area contributed by atoms with E-state index in [1.807, 2.05) is 67.1 Å². The second-order valence-electron chi connectivity index (χ2n) is 8.22. The quantitative estimate of drug-likeness (QED) is 0.567. The maximum atomic E-state index is 13.9. The van der Waals surface area contributed by atoms with Crippen LogP contribution in [0, 0.1) is 0 Å². The fourth-order valence-electron chi connectivity index (χ4n) is 4.98. The molecule has 0 saturated carbocycles. The summed E-state index contributed by atoms with van der Waals surface area (Å²) in [6.07, 6.45) is 2.07. The molecule has 2 amide bonds. The molecule has 1 aliphatic heterocycles. The minimum Gasteiger partial charge on any atom is -0.383 e. The Hall–Kier alpha value is -3.12. The van der Waals surface area contributed by atoms with Crippen molar-refractivity contribution in [2.24, 2.45) is 7.05 Å². The van der Waals surface area contributed by atoms with Crippen molar-refractivity contribution in [2.75, 3.05) is 33.4 Å². The third-order valence-electron chi connectivity index (χ3n) is 6.56. The van der Waals surface area contributed by atoms with Gasteiger partial charge in [-0.2, -0.15) is 0 Å². The van der Waals surface area contributed by atoms with Gasteiger partial charge in [0.25, 0.3) is 5.91 Å². The molecule has 2 unspecified atom stereocenters. The van der Waals surface area contributed by atoms with E-state index in [0.29, 0.717) is 31.8 Å². The molecule has 0 aliphatic carbocycles. The Labute approximate surface area is 189 Å². The Bertz CT molecular complexity index is 1130. The van der Waals surface area contributed by atoms with Gasteiger partial charge in [0.2, 0.25) is 5.91 Å². The van der Waals surface area contributed by atoms with E-state index in [1.54, 1.807) is 7.11 Å². The third kappa shape index (κ3) is 3.58. The van der Waals surface area contributed by atoms with Crippen LogP contribution < -0.4 is 0 Å². The zero-order valence-corrected chi connectivity index (χ0v) is 19.2. The number of para-hydroxylation sites is 1. The standard InChI is InChI=1S/C26H31N3O3/c1-5-28(6-2)26(31)23-19-12-7-8-13-20(19)25(30)29(15-16-32-4)24(23)21-17-27(3)22-14-10-9-11-18(21)22/h7-14,17,23-24H,5-6,15-16H2,1-4H3. The zero-order chi connectivity index (χ0) is 22.8. The number of carbonyl (C=O) groups excluding carboxylic acids is 2. The van der Waals surface area contributed by atoms with Crippen molar-refractivity contribution in [3.05, 3.63) is 71.4 Å². The lowest BCUT2D eigenvalue weighted by Crippen LogP contribution is -2.49. The van der Waals surface area contributed by atoms with Crippen LogP contribution in [-0.4, -0.2) is 59.5 Å². The minimum absolute atomic E-state index is 0.0512. The highest BCUT2D eigenvalue weighted by Crippen LogP contribution is 2.45. The van der Waals surface area contributed by atoms with Gasteiger partial charge in [0.1, 0.15) is 0 Å². The van der Waals surface area contributed by atoms with Crippen LogP contribution in [0.25, 0.3) is 10.9 Å².